The monoisotopic (exact) mass is 678 g/mol. The molecule has 2 aromatic heterocycles. The molecule has 0 saturated heterocycles. The average molecular weight is 680 g/mol. The summed E-state index contributed by atoms with van der Waals surface area (Å²) in [6.45, 7) is 18.2. The van der Waals surface area contributed by atoms with E-state index in [-0.39, 0.29) is 24.8 Å². The number of pyridine rings is 1. The van der Waals surface area contributed by atoms with Gasteiger partial charge in [-0.3, -0.25) is 0 Å². The van der Waals surface area contributed by atoms with E-state index in [9.17, 15) is 0 Å². The zero-order chi connectivity index (χ0) is 27.3. The van der Waals surface area contributed by atoms with E-state index in [1.54, 1.807) is 18.3 Å². The molecule has 3 nitrogen and oxygen atoms in total. The number of hydrogen-bond donors (Lipinski definition) is 0. The number of rotatable bonds is 6. The molecule has 0 atom stereocenters. The summed E-state index contributed by atoms with van der Waals surface area (Å²) in [5, 5.41) is 0.558. The van der Waals surface area contributed by atoms with Crippen LogP contribution in [0, 0.1) is 10.1 Å². The molecule has 0 aliphatic carbocycles. The van der Waals surface area contributed by atoms with Crippen LogP contribution in [0.4, 0.5) is 0 Å². The van der Waals surface area contributed by atoms with E-state index < -0.39 is 0 Å². The van der Waals surface area contributed by atoms with Gasteiger partial charge in [-0.05, 0) is 0 Å². The van der Waals surface area contributed by atoms with E-state index in [2.05, 4.69) is 143 Å². The molecule has 7 heteroatoms. The first kappa shape index (κ1) is 35.4. The summed E-state index contributed by atoms with van der Waals surface area (Å²) in [6.07, 6.45) is 8.61. The van der Waals surface area contributed by atoms with Crippen LogP contribution in [-0.2, 0) is 18.7 Å². The van der Waals surface area contributed by atoms with Crippen LogP contribution in [0.1, 0.15) is 101 Å². The predicted octanol–water partition coefficient (Wildman–Crippen LogP) is 10.2. The van der Waals surface area contributed by atoms with Crippen molar-refractivity contribution >= 4 is 36.4 Å². The smallest absolute Gasteiger partial charge is 0.0535 e. The van der Waals surface area contributed by atoms with Crippen LogP contribution >= 0.6 is 36.4 Å². The average Bonchev–Trinajstić information content (AvgIpc) is 3.24. The zero-order valence-electron chi connectivity index (χ0n) is 24.0. The minimum Gasteiger partial charge on any atom is -0.393 e. The Morgan fingerprint density at radius 2 is 1.00 bits per heavy atom. The minimum atomic E-state index is 0. The van der Waals surface area contributed by atoms with Crippen LogP contribution in [-0.4, -0.2) is 14.1 Å². The van der Waals surface area contributed by atoms with E-state index in [1.807, 2.05) is 0 Å². The third-order valence-corrected chi connectivity index (χ3v) is 7.43. The Morgan fingerprint density at radius 3 is 1.23 bits per heavy atom. The van der Waals surface area contributed by atoms with Crippen LogP contribution in [0.15, 0.2) is 67.1 Å². The summed E-state index contributed by atoms with van der Waals surface area (Å²) >= 11 is 9.06. The summed E-state index contributed by atoms with van der Waals surface area (Å²) in [6, 6.07) is 17.0. The molecule has 0 saturated carbocycles. The number of benzene rings is 2. The third-order valence-electron chi connectivity index (χ3n) is 6.47. The quantitative estimate of drug-likeness (QED) is 0.147. The van der Waals surface area contributed by atoms with Gasteiger partial charge in [0, 0.05) is 0 Å². The third kappa shape index (κ3) is 8.42. The number of halogens is 3. The Hall–Kier alpha value is -1.67. The first-order valence-corrected chi connectivity index (χ1v) is 14.2. The van der Waals surface area contributed by atoms with Gasteiger partial charge in [-0.1, -0.05) is 17.4 Å². The molecule has 0 radical (unpaired) electrons. The van der Waals surface area contributed by atoms with Crippen LogP contribution in [0.5, 0.6) is 0 Å². The van der Waals surface area contributed by atoms with E-state index in [0.29, 0.717) is 28.7 Å². The molecule has 4 aromatic rings. The Bertz CT molecular complexity index is 1240. The molecular formula is C32H41Cl3N3Pd-. The van der Waals surface area contributed by atoms with Crippen LogP contribution < -0.4 is 0 Å². The van der Waals surface area contributed by atoms with E-state index in [1.165, 1.54) is 33.6 Å². The largest absolute Gasteiger partial charge is 0.393 e. The van der Waals surface area contributed by atoms with Crippen molar-refractivity contribution in [2.45, 2.75) is 79.1 Å². The van der Waals surface area contributed by atoms with Gasteiger partial charge in [0.1, 0.15) is 0 Å². The van der Waals surface area contributed by atoms with Crippen LogP contribution in [0.2, 0.25) is 5.02 Å². The van der Waals surface area contributed by atoms with Crippen molar-refractivity contribution in [2.24, 2.45) is 0 Å². The summed E-state index contributed by atoms with van der Waals surface area (Å²) in [7, 11) is 0. The number of aromatic nitrogens is 3. The fourth-order valence-corrected chi connectivity index (χ4v) is 5.27. The number of nitrogens with zero attached hydrogens (tertiary/aromatic N) is 3. The Balaban J connectivity index is 0.000000736. The van der Waals surface area contributed by atoms with Crippen LogP contribution in [0.25, 0.3) is 11.4 Å². The van der Waals surface area contributed by atoms with Crippen molar-refractivity contribution in [2.75, 3.05) is 0 Å². The number of hydrogen-bond acceptors (Lipinski definition) is 1. The van der Waals surface area contributed by atoms with Crippen molar-refractivity contribution in [3.8, 4) is 11.4 Å². The Kier molecular flexibility index (Phi) is 14.5. The maximum absolute atomic E-state index is 5.42. The second-order valence-corrected chi connectivity index (χ2v) is 11.7. The number of para-hydroxylation sites is 2. The molecule has 2 heterocycles. The number of imidazole rings is 1. The van der Waals surface area contributed by atoms with Gasteiger partial charge in [-0.2, -0.15) is 6.07 Å². The first-order valence-electron chi connectivity index (χ1n) is 13.0. The van der Waals surface area contributed by atoms with Gasteiger partial charge in [0.15, 0.2) is 0 Å². The molecule has 2 aromatic carbocycles. The van der Waals surface area contributed by atoms with Gasteiger partial charge in [0.05, 0.1) is 0 Å². The SMILES string of the molecule is CC(C)c1cccc(C(C)C)c1-n1ccn(-c2c(C(C)C)cccc2C(C)C)[c]1=[Pd].Cl.Cl.Clc1[c-]nccc1. The molecule has 0 N–H and O–H groups in total. The van der Waals surface area contributed by atoms with E-state index in [0.717, 1.165) is 3.89 Å². The van der Waals surface area contributed by atoms with Gasteiger partial charge >= 0.3 is 193 Å². The van der Waals surface area contributed by atoms with Gasteiger partial charge in [0.25, 0.3) is 0 Å². The van der Waals surface area contributed by atoms with Crippen molar-refractivity contribution in [3.05, 3.63) is 104 Å². The molecule has 0 bridgehead atoms. The summed E-state index contributed by atoms with van der Waals surface area (Å²) in [5.41, 5.74) is 8.18. The second-order valence-electron chi connectivity index (χ2n) is 10.6. The summed E-state index contributed by atoms with van der Waals surface area (Å²) < 4.78 is 5.78. The fourth-order valence-electron chi connectivity index (χ4n) is 4.57. The fraction of sp³-hybridized carbons (Fsp3) is 0.375. The minimum absolute atomic E-state index is 0. The molecule has 0 amide bonds. The summed E-state index contributed by atoms with van der Waals surface area (Å²) in [5.74, 6) is 1.83. The van der Waals surface area contributed by atoms with Gasteiger partial charge in [-0.25, -0.2) is 0 Å². The topological polar surface area (TPSA) is 22.8 Å². The van der Waals surface area contributed by atoms with Gasteiger partial charge in [-0.15, -0.1) is 42.5 Å². The standard InChI is InChI=1S/C27H36N2.C5H3ClN.2ClH.Pd/c1-18(2)22-11-9-12-23(19(3)4)26(22)28-15-16-29(17-28)27-24(20(5)6)13-10-14-25(27)21(7)8;6-5-2-1-3-7-4-5;;;/h9-16,18-21H,1-8H3;1-3H;2*1H;/q;-1;;;. The molecule has 39 heavy (non-hydrogen) atoms. The van der Waals surface area contributed by atoms with E-state index in [4.69, 9.17) is 11.6 Å². The molecule has 4 rings (SSSR count). The Labute approximate surface area is 262 Å². The van der Waals surface area contributed by atoms with Gasteiger partial charge in [0.2, 0.25) is 0 Å². The summed E-state index contributed by atoms with van der Waals surface area (Å²) in [4.78, 5) is 3.63. The van der Waals surface area contributed by atoms with E-state index >= 15 is 0 Å². The van der Waals surface area contributed by atoms with Gasteiger partial charge < -0.3 is 4.98 Å². The molecular weight excluding hydrogens is 639 g/mol. The molecule has 0 unspecified atom stereocenters. The molecule has 0 aliphatic heterocycles. The van der Waals surface area contributed by atoms with Crippen molar-refractivity contribution in [1.29, 1.82) is 0 Å². The molecule has 0 spiro atoms. The van der Waals surface area contributed by atoms with Crippen LogP contribution in [0.3, 0.4) is 0 Å². The second kappa shape index (κ2) is 15.9. The molecule has 0 aliphatic rings. The molecule has 216 valence electrons. The van der Waals surface area contributed by atoms with Crippen molar-refractivity contribution < 1.29 is 18.7 Å². The first-order chi connectivity index (χ1) is 17.5. The maximum Gasteiger partial charge on any atom is -0.0535 e. The Morgan fingerprint density at radius 1 is 0.641 bits per heavy atom. The predicted molar refractivity (Wildman–Crippen MR) is 167 cm³/mol. The van der Waals surface area contributed by atoms with Crippen molar-refractivity contribution in [1.82, 2.24) is 14.1 Å². The zero-order valence-corrected chi connectivity index (χ0v) is 28.0. The molecule has 0 fully saturated rings. The normalized spacial score (nSPS) is 10.8. The van der Waals surface area contributed by atoms with Crippen molar-refractivity contribution in [3.63, 3.8) is 0 Å². The maximum atomic E-state index is 5.42.